The van der Waals surface area contributed by atoms with Crippen LogP contribution in [0.5, 0.6) is 0 Å². The highest BCUT2D eigenvalue weighted by Gasteiger charge is 2.25. The molecule has 3 nitrogen and oxygen atoms in total. The van der Waals surface area contributed by atoms with E-state index in [9.17, 15) is 4.79 Å². The molecule has 2 aliphatic heterocycles. The third-order valence-corrected chi connectivity index (χ3v) is 6.20. The maximum Gasteiger partial charge on any atom is 0.224 e. The summed E-state index contributed by atoms with van der Waals surface area (Å²) in [5, 5.41) is 3.47. The van der Waals surface area contributed by atoms with Crippen LogP contribution in [0.3, 0.4) is 0 Å². The Balaban J connectivity index is 1.37. The van der Waals surface area contributed by atoms with E-state index >= 15 is 0 Å². The van der Waals surface area contributed by atoms with Gasteiger partial charge in [-0.05, 0) is 37.2 Å². The van der Waals surface area contributed by atoms with Gasteiger partial charge in [-0.15, -0.1) is 0 Å². The molecule has 1 amide bonds. The molecule has 23 heavy (non-hydrogen) atoms. The number of carbonyl (C=O) groups is 1. The second kappa shape index (κ2) is 8.74. The van der Waals surface area contributed by atoms with Gasteiger partial charge < -0.3 is 10.2 Å². The second-order valence-electron chi connectivity index (χ2n) is 6.78. The highest BCUT2D eigenvalue weighted by atomic mass is 32.2. The monoisotopic (exact) mass is 332 g/mol. The van der Waals surface area contributed by atoms with Gasteiger partial charge in [0.05, 0.1) is 0 Å². The third kappa shape index (κ3) is 5.25. The molecule has 2 heterocycles. The van der Waals surface area contributed by atoms with Crippen molar-refractivity contribution >= 4 is 17.7 Å². The van der Waals surface area contributed by atoms with Crippen LogP contribution in [0.4, 0.5) is 0 Å². The summed E-state index contributed by atoms with van der Waals surface area (Å²) in [6.45, 7) is 2.96. The number of nitrogens with one attached hydrogen (secondary N) is 1. The summed E-state index contributed by atoms with van der Waals surface area (Å²) in [6.07, 6.45) is 5.45. The van der Waals surface area contributed by atoms with E-state index in [1.807, 2.05) is 11.8 Å². The Morgan fingerprint density at radius 1 is 1.22 bits per heavy atom. The molecule has 0 saturated carbocycles. The predicted molar refractivity (Wildman–Crippen MR) is 97.8 cm³/mol. The van der Waals surface area contributed by atoms with Gasteiger partial charge in [-0.25, -0.2) is 0 Å². The zero-order valence-electron chi connectivity index (χ0n) is 13.9. The standard InChI is InChI=1S/C19H28N2OS/c22-19(14-18-15-23-13-10-20-18)21-11-8-17(9-12-21)7-6-16-4-2-1-3-5-16/h1-5,17-18,20H,6-15H2. The minimum Gasteiger partial charge on any atom is -0.343 e. The van der Waals surface area contributed by atoms with Crippen molar-refractivity contribution in [2.45, 2.75) is 38.1 Å². The van der Waals surface area contributed by atoms with Gasteiger partial charge >= 0.3 is 0 Å². The first-order valence-electron chi connectivity index (χ1n) is 8.94. The fraction of sp³-hybridized carbons (Fsp3) is 0.632. The summed E-state index contributed by atoms with van der Waals surface area (Å²) in [4.78, 5) is 14.5. The maximum absolute atomic E-state index is 12.4. The minimum atomic E-state index is 0.353. The first-order chi connectivity index (χ1) is 11.3. The Hall–Kier alpha value is -1.00. The Morgan fingerprint density at radius 2 is 2.00 bits per heavy atom. The van der Waals surface area contributed by atoms with Crippen molar-refractivity contribution in [3.63, 3.8) is 0 Å². The van der Waals surface area contributed by atoms with E-state index in [1.165, 1.54) is 37.0 Å². The van der Waals surface area contributed by atoms with Crippen molar-refractivity contribution in [1.29, 1.82) is 0 Å². The van der Waals surface area contributed by atoms with E-state index in [-0.39, 0.29) is 0 Å². The molecule has 2 saturated heterocycles. The third-order valence-electron chi connectivity index (χ3n) is 5.07. The van der Waals surface area contributed by atoms with Crippen LogP contribution in [0.1, 0.15) is 31.2 Å². The molecule has 126 valence electrons. The molecular formula is C19H28N2OS. The number of benzene rings is 1. The second-order valence-corrected chi connectivity index (χ2v) is 7.93. The molecular weight excluding hydrogens is 304 g/mol. The van der Waals surface area contributed by atoms with Gasteiger partial charge in [-0.3, -0.25) is 4.79 Å². The van der Waals surface area contributed by atoms with Crippen LogP contribution in [0.15, 0.2) is 30.3 Å². The van der Waals surface area contributed by atoms with E-state index in [1.54, 1.807) is 0 Å². The summed E-state index contributed by atoms with van der Waals surface area (Å²) >= 11 is 1.96. The van der Waals surface area contributed by atoms with Crippen molar-refractivity contribution in [3.05, 3.63) is 35.9 Å². The topological polar surface area (TPSA) is 32.3 Å². The molecule has 1 atom stereocenters. The van der Waals surface area contributed by atoms with Crippen LogP contribution in [-0.4, -0.2) is 48.0 Å². The lowest BCUT2D eigenvalue weighted by Gasteiger charge is -2.33. The Bertz CT molecular complexity index is 479. The van der Waals surface area contributed by atoms with E-state index in [0.29, 0.717) is 18.4 Å². The number of carbonyl (C=O) groups excluding carboxylic acids is 1. The summed E-state index contributed by atoms with van der Waals surface area (Å²) in [5.41, 5.74) is 1.44. The van der Waals surface area contributed by atoms with Crippen LogP contribution < -0.4 is 5.32 Å². The number of amides is 1. The van der Waals surface area contributed by atoms with Crippen molar-refractivity contribution < 1.29 is 4.79 Å². The van der Waals surface area contributed by atoms with Crippen molar-refractivity contribution in [2.24, 2.45) is 5.92 Å². The van der Waals surface area contributed by atoms with Crippen molar-refractivity contribution in [2.75, 3.05) is 31.1 Å². The number of hydrogen-bond donors (Lipinski definition) is 1. The quantitative estimate of drug-likeness (QED) is 0.900. The minimum absolute atomic E-state index is 0.353. The van der Waals surface area contributed by atoms with Gasteiger partial charge in [0.2, 0.25) is 5.91 Å². The van der Waals surface area contributed by atoms with Gasteiger partial charge in [0.1, 0.15) is 0 Å². The molecule has 0 bridgehead atoms. The normalized spacial score (nSPS) is 23.0. The molecule has 4 heteroatoms. The van der Waals surface area contributed by atoms with Gasteiger partial charge in [0.25, 0.3) is 0 Å². The molecule has 1 aromatic carbocycles. The lowest BCUT2D eigenvalue weighted by molar-refractivity contribution is -0.133. The number of thioether (sulfide) groups is 1. The van der Waals surface area contributed by atoms with E-state index in [2.05, 4.69) is 40.5 Å². The Morgan fingerprint density at radius 3 is 2.70 bits per heavy atom. The van der Waals surface area contributed by atoms with Crippen LogP contribution in [0.2, 0.25) is 0 Å². The fourth-order valence-corrected chi connectivity index (χ4v) is 4.53. The van der Waals surface area contributed by atoms with Gasteiger partial charge in [-0.2, -0.15) is 11.8 Å². The number of aryl methyl sites for hydroxylation is 1. The van der Waals surface area contributed by atoms with Crippen LogP contribution >= 0.6 is 11.8 Å². The summed E-state index contributed by atoms with van der Waals surface area (Å²) < 4.78 is 0. The number of hydrogen-bond acceptors (Lipinski definition) is 3. The van der Waals surface area contributed by atoms with Crippen LogP contribution in [-0.2, 0) is 11.2 Å². The fourth-order valence-electron chi connectivity index (χ4n) is 3.58. The predicted octanol–water partition coefficient (Wildman–Crippen LogP) is 2.95. The summed E-state index contributed by atoms with van der Waals surface area (Å²) in [5.74, 6) is 3.39. The highest BCUT2D eigenvalue weighted by Crippen LogP contribution is 2.23. The largest absolute Gasteiger partial charge is 0.343 e. The zero-order valence-corrected chi connectivity index (χ0v) is 14.7. The number of likely N-dealkylation sites (tertiary alicyclic amines) is 1. The van der Waals surface area contributed by atoms with Crippen molar-refractivity contribution in [3.8, 4) is 0 Å². The SMILES string of the molecule is O=C(CC1CSCCN1)N1CCC(CCc2ccccc2)CC1. The smallest absolute Gasteiger partial charge is 0.224 e. The first kappa shape index (κ1) is 16.8. The lowest BCUT2D eigenvalue weighted by Crippen LogP contribution is -2.44. The molecule has 3 rings (SSSR count). The first-order valence-corrected chi connectivity index (χ1v) is 10.1. The molecule has 1 N–H and O–H groups in total. The Kier molecular flexibility index (Phi) is 6.40. The number of piperidine rings is 1. The molecule has 2 aliphatic rings. The molecule has 0 radical (unpaired) electrons. The average Bonchev–Trinajstić information content (AvgIpc) is 2.62. The van der Waals surface area contributed by atoms with Crippen LogP contribution in [0, 0.1) is 5.92 Å². The zero-order chi connectivity index (χ0) is 15.9. The number of nitrogens with zero attached hydrogens (tertiary/aromatic N) is 1. The maximum atomic E-state index is 12.4. The molecule has 1 aromatic rings. The summed E-state index contributed by atoms with van der Waals surface area (Å²) in [6, 6.07) is 11.1. The highest BCUT2D eigenvalue weighted by molar-refractivity contribution is 7.99. The molecule has 1 unspecified atom stereocenters. The van der Waals surface area contributed by atoms with Crippen molar-refractivity contribution in [1.82, 2.24) is 10.2 Å². The van der Waals surface area contributed by atoms with Gasteiger partial charge in [-0.1, -0.05) is 30.3 Å². The molecule has 0 aliphatic carbocycles. The van der Waals surface area contributed by atoms with Crippen LogP contribution in [0.25, 0.3) is 0 Å². The average molecular weight is 333 g/mol. The van der Waals surface area contributed by atoms with E-state index in [0.717, 1.165) is 31.3 Å². The summed E-state index contributed by atoms with van der Waals surface area (Å²) in [7, 11) is 0. The Labute approximate surface area is 144 Å². The lowest BCUT2D eigenvalue weighted by atomic mass is 9.90. The van der Waals surface area contributed by atoms with Gasteiger partial charge in [0, 0.05) is 43.6 Å². The van der Waals surface area contributed by atoms with E-state index in [4.69, 9.17) is 0 Å². The van der Waals surface area contributed by atoms with E-state index < -0.39 is 0 Å². The molecule has 0 aromatic heterocycles. The number of rotatable bonds is 5. The molecule has 0 spiro atoms. The molecule has 2 fully saturated rings. The van der Waals surface area contributed by atoms with Gasteiger partial charge in [0.15, 0.2) is 0 Å².